The minimum absolute atomic E-state index is 0.204. The van der Waals surface area contributed by atoms with Crippen LogP contribution in [0.25, 0.3) is 0 Å². The van der Waals surface area contributed by atoms with E-state index in [-0.39, 0.29) is 5.92 Å². The maximum atomic E-state index is 8.02. The molecule has 2 heteroatoms. The summed E-state index contributed by atoms with van der Waals surface area (Å²) in [5.74, 6) is -0.204. The molecule has 0 aliphatic heterocycles. The average Bonchev–Trinajstić information content (AvgIpc) is 1.65. The zero-order valence-electron chi connectivity index (χ0n) is 3.63. The Morgan fingerprint density at radius 3 is 1.67 bits per heavy atom. The molecule has 0 heterocycles. The molecule has 0 aromatic heterocycles. The molecule has 2 N–H and O–H groups in total. The summed E-state index contributed by atoms with van der Waals surface area (Å²) in [6.45, 7) is 3.50. The zero-order chi connectivity index (χ0) is 4.99. The minimum atomic E-state index is -0.204. The van der Waals surface area contributed by atoms with Gasteiger partial charge in [0.1, 0.15) is 0 Å². The van der Waals surface area contributed by atoms with E-state index in [2.05, 4.69) is 0 Å². The molecular weight excluding hydrogens is 80.0 g/mol. The molecular formula is C4H8O2. The van der Waals surface area contributed by atoms with Crippen molar-refractivity contribution in [1.82, 2.24) is 0 Å². The largest absolute Gasteiger partial charge is 0.390 e. The summed E-state index contributed by atoms with van der Waals surface area (Å²) in [4.78, 5) is 0. The lowest BCUT2D eigenvalue weighted by molar-refractivity contribution is 0.271. The summed E-state index contributed by atoms with van der Waals surface area (Å²) in [5.41, 5.74) is 0. The molecule has 0 aromatic carbocycles. The normalized spacial score (nSPS) is 10.0. The van der Waals surface area contributed by atoms with Crippen LogP contribution >= 0.6 is 0 Å². The van der Waals surface area contributed by atoms with Crippen LogP contribution in [0.1, 0.15) is 6.92 Å². The van der Waals surface area contributed by atoms with Crippen LogP contribution in [-0.4, -0.2) is 10.2 Å². The van der Waals surface area contributed by atoms with E-state index in [0.717, 1.165) is 13.2 Å². The Bertz CT molecular complexity index is 24.7. The van der Waals surface area contributed by atoms with Crippen LogP contribution in [0, 0.1) is 19.1 Å². The molecule has 36 valence electrons. The van der Waals surface area contributed by atoms with Gasteiger partial charge >= 0.3 is 0 Å². The van der Waals surface area contributed by atoms with Gasteiger partial charge in [-0.1, -0.05) is 6.92 Å². The first-order valence-corrected chi connectivity index (χ1v) is 1.76. The van der Waals surface area contributed by atoms with Crippen LogP contribution in [-0.2, 0) is 0 Å². The molecule has 0 bridgehead atoms. The number of hydrogen-bond acceptors (Lipinski definition) is 2. The topological polar surface area (TPSA) is 40.5 Å². The molecule has 0 saturated carbocycles. The Hall–Kier alpha value is -0.0800. The summed E-state index contributed by atoms with van der Waals surface area (Å²) in [7, 11) is 0. The lowest BCUT2D eigenvalue weighted by atomic mass is 10.2. The van der Waals surface area contributed by atoms with Gasteiger partial charge in [0.2, 0.25) is 0 Å². The van der Waals surface area contributed by atoms with Crippen molar-refractivity contribution in [3.63, 3.8) is 0 Å². The monoisotopic (exact) mass is 88.1 g/mol. The fraction of sp³-hybridized carbons (Fsp3) is 0.500. The highest BCUT2D eigenvalue weighted by molar-refractivity contribution is 4.65. The predicted octanol–water partition coefficient (Wildman–Crippen LogP) is 0.691. The van der Waals surface area contributed by atoms with Crippen LogP contribution in [0.3, 0.4) is 0 Å². The molecule has 0 atom stereocenters. The molecule has 0 aliphatic rings. The second-order valence-corrected chi connectivity index (χ2v) is 1.16. The Kier molecular flexibility index (Phi) is 3.08. The summed E-state index contributed by atoms with van der Waals surface area (Å²) in [6.07, 6.45) is 0. The maximum Gasteiger partial charge on any atom is 0.0853 e. The third-order valence-corrected chi connectivity index (χ3v) is 0.470. The molecule has 2 radical (unpaired) electrons. The van der Waals surface area contributed by atoms with Gasteiger partial charge in [-0.2, -0.15) is 0 Å². The molecule has 0 aliphatic carbocycles. The van der Waals surface area contributed by atoms with Gasteiger partial charge in [-0.15, -0.1) is 0 Å². The van der Waals surface area contributed by atoms with E-state index in [9.17, 15) is 0 Å². The lowest BCUT2D eigenvalue weighted by Gasteiger charge is -1.95. The van der Waals surface area contributed by atoms with Crippen LogP contribution < -0.4 is 0 Å². The first-order valence-electron chi connectivity index (χ1n) is 1.76. The predicted molar refractivity (Wildman–Crippen MR) is 21.6 cm³/mol. The second-order valence-electron chi connectivity index (χ2n) is 1.16. The van der Waals surface area contributed by atoms with Gasteiger partial charge in [0, 0.05) is 5.92 Å². The van der Waals surface area contributed by atoms with Gasteiger partial charge in [0.25, 0.3) is 0 Å². The van der Waals surface area contributed by atoms with E-state index in [1.165, 1.54) is 0 Å². The van der Waals surface area contributed by atoms with Gasteiger partial charge in [0.15, 0.2) is 0 Å². The lowest BCUT2D eigenvalue weighted by Crippen LogP contribution is -1.92. The molecule has 0 rings (SSSR count). The van der Waals surface area contributed by atoms with Crippen LogP contribution in [0.2, 0.25) is 0 Å². The molecule has 0 saturated heterocycles. The highest BCUT2D eigenvalue weighted by atomic mass is 16.3. The molecule has 0 aromatic rings. The number of rotatable bonds is 2. The smallest absolute Gasteiger partial charge is 0.0853 e. The third kappa shape index (κ3) is 2.18. The van der Waals surface area contributed by atoms with Crippen molar-refractivity contribution in [2.24, 2.45) is 5.92 Å². The van der Waals surface area contributed by atoms with Crippen molar-refractivity contribution in [3.8, 4) is 0 Å². The van der Waals surface area contributed by atoms with Gasteiger partial charge < -0.3 is 10.2 Å². The first kappa shape index (κ1) is 5.92. The summed E-state index contributed by atoms with van der Waals surface area (Å²) >= 11 is 0. The fourth-order valence-corrected chi connectivity index (χ4v) is 0.0385. The van der Waals surface area contributed by atoms with Gasteiger partial charge in [-0.25, -0.2) is 0 Å². The third-order valence-electron chi connectivity index (χ3n) is 0.470. The van der Waals surface area contributed by atoms with Crippen LogP contribution in [0.15, 0.2) is 0 Å². The second kappa shape index (κ2) is 3.12. The molecule has 0 fully saturated rings. The van der Waals surface area contributed by atoms with E-state index in [1.807, 2.05) is 0 Å². The standard InChI is InChI=1S/C4H8O2/c1-4(2-5)3-6/h2-6H,1H3. The Morgan fingerprint density at radius 1 is 1.33 bits per heavy atom. The van der Waals surface area contributed by atoms with Gasteiger partial charge in [-0.05, 0) is 0 Å². The van der Waals surface area contributed by atoms with Crippen molar-refractivity contribution < 1.29 is 10.2 Å². The molecule has 0 unspecified atom stereocenters. The number of aliphatic hydroxyl groups excluding tert-OH is 2. The summed E-state index contributed by atoms with van der Waals surface area (Å²) < 4.78 is 0. The van der Waals surface area contributed by atoms with E-state index < -0.39 is 0 Å². The van der Waals surface area contributed by atoms with Crippen molar-refractivity contribution in [2.75, 3.05) is 0 Å². The van der Waals surface area contributed by atoms with Crippen molar-refractivity contribution in [2.45, 2.75) is 6.92 Å². The van der Waals surface area contributed by atoms with Crippen molar-refractivity contribution in [1.29, 1.82) is 0 Å². The molecule has 6 heavy (non-hydrogen) atoms. The molecule has 0 spiro atoms. The Morgan fingerprint density at radius 2 is 1.67 bits per heavy atom. The van der Waals surface area contributed by atoms with Gasteiger partial charge in [-0.3, -0.25) is 0 Å². The highest BCUT2D eigenvalue weighted by Crippen LogP contribution is 1.96. The summed E-state index contributed by atoms with van der Waals surface area (Å²) in [5, 5.41) is 16.0. The maximum absolute atomic E-state index is 8.02. The highest BCUT2D eigenvalue weighted by Gasteiger charge is 1.93. The fourth-order valence-electron chi connectivity index (χ4n) is 0.0385. The summed E-state index contributed by atoms with van der Waals surface area (Å²) in [6, 6.07) is 0. The van der Waals surface area contributed by atoms with Gasteiger partial charge in [0.05, 0.1) is 13.2 Å². The Balaban J connectivity index is 2.75. The Labute approximate surface area is 37.4 Å². The van der Waals surface area contributed by atoms with E-state index in [4.69, 9.17) is 10.2 Å². The van der Waals surface area contributed by atoms with E-state index in [0.29, 0.717) is 0 Å². The van der Waals surface area contributed by atoms with Crippen LogP contribution in [0.5, 0.6) is 0 Å². The van der Waals surface area contributed by atoms with E-state index >= 15 is 0 Å². The quantitative estimate of drug-likeness (QED) is 0.521. The zero-order valence-corrected chi connectivity index (χ0v) is 3.63. The van der Waals surface area contributed by atoms with Crippen molar-refractivity contribution >= 4 is 0 Å². The molecule has 2 nitrogen and oxygen atoms in total. The minimum Gasteiger partial charge on any atom is -0.390 e. The average molecular weight is 88.1 g/mol. The van der Waals surface area contributed by atoms with Crippen LogP contribution in [0.4, 0.5) is 0 Å². The number of aliphatic hydroxyl groups is 2. The first-order chi connectivity index (χ1) is 2.81. The SMILES string of the molecule is CC([CH]O)[CH]O. The molecule has 0 amide bonds. The van der Waals surface area contributed by atoms with E-state index in [1.54, 1.807) is 6.92 Å². The van der Waals surface area contributed by atoms with Crippen molar-refractivity contribution in [3.05, 3.63) is 13.2 Å². The number of hydrogen-bond donors (Lipinski definition) is 2.